The smallest absolute Gasteiger partial charge is 0.275 e. The Bertz CT molecular complexity index is 877. The van der Waals surface area contributed by atoms with Crippen molar-refractivity contribution in [2.45, 2.75) is 33.6 Å². The lowest BCUT2D eigenvalue weighted by atomic mass is 10.1. The minimum absolute atomic E-state index is 0.258. The molecule has 1 aliphatic heterocycles. The number of amides is 2. The summed E-state index contributed by atoms with van der Waals surface area (Å²) in [7, 11) is 0. The monoisotopic (exact) mass is 391 g/mol. The molecule has 0 radical (unpaired) electrons. The van der Waals surface area contributed by atoms with Gasteiger partial charge in [-0.15, -0.1) is 0 Å². The molecule has 0 aromatic heterocycles. The average Bonchev–Trinajstić information content (AvgIpc) is 3.01. The molecule has 0 spiro atoms. The largest absolute Gasteiger partial charge is 0.351 e. The Hall–Kier alpha value is -3.34. The zero-order valence-electron chi connectivity index (χ0n) is 17.4. The molecule has 1 aromatic rings. The van der Waals surface area contributed by atoms with E-state index in [9.17, 15) is 9.59 Å². The number of rotatable bonds is 10. The van der Waals surface area contributed by atoms with Crippen molar-refractivity contribution < 1.29 is 9.59 Å². The molecule has 0 saturated carbocycles. The van der Waals surface area contributed by atoms with Crippen molar-refractivity contribution >= 4 is 17.5 Å². The molecule has 0 unspecified atom stereocenters. The van der Waals surface area contributed by atoms with E-state index in [-0.39, 0.29) is 5.70 Å². The number of anilines is 1. The summed E-state index contributed by atoms with van der Waals surface area (Å²) in [6.07, 6.45) is 11.1. The Labute approximate surface area is 173 Å². The number of carbonyl (C=O) groups excluding carboxylic acids is 2. The van der Waals surface area contributed by atoms with Gasteiger partial charge in [0.05, 0.1) is 5.57 Å². The van der Waals surface area contributed by atoms with Crippen LogP contribution in [0.4, 0.5) is 5.69 Å². The van der Waals surface area contributed by atoms with Crippen LogP contribution in [0, 0.1) is 0 Å². The summed E-state index contributed by atoms with van der Waals surface area (Å²) >= 11 is 0. The fourth-order valence-electron chi connectivity index (χ4n) is 2.99. The summed E-state index contributed by atoms with van der Waals surface area (Å²) in [6, 6.07) is 10.0. The van der Waals surface area contributed by atoms with Crippen molar-refractivity contribution in [3.05, 3.63) is 90.0 Å². The van der Waals surface area contributed by atoms with E-state index in [1.807, 2.05) is 56.5 Å². The zero-order valence-corrected chi connectivity index (χ0v) is 17.4. The number of hydrogen-bond acceptors (Lipinski definition) is 4. The Morgan fingerprint density at radius 2 is 1.93 bits per heavy atom. The van der Waals surface area contributed by atoms with Crippen LogP contribution in [0.1, 0.15) is 33.6 Å². The quantitative estimate of drug-likeness (QED) is 0.460. The summed E-state index contributed by atoms with van der Waals surface area (Å²) < 4.78 is 0. The number of nitrogens with one attached hydrogen (secondary N) is 2. The molecule has 5 heteroatoms. The van der Waals surface area contributed by atoms with Crippen LogP contribution in [-0.2, 0) is 9.59 Å². The van der Waals surface area contributed by atoms with E-state index >= 15 is 0 Å². The van der Waals surface area contributed by atoms with Crippen molar-refractivity contribution in [1.29, 1.82) is 0 Å². The minimum Gasteiger partial charge on any atom is -0.351 e. The SMILES string of the molecule is C=C/C=C\C(=C/C)NC1=C(/C(C)=C/N(CCCC)c2ccccc2)C(=O)NC1=O. The topological polar surface area (TPSA) is 61.4 Å². The van der Waals surface area contributed by atoms with Gasteiger partial charge in [-0.25, -0.2) is 0 Å². The molecule has 1 aromatic carbocycles. The van der Waals surface area contributed by atoms with Gasteiger partial charge >= 0.3 is 0 Å². The van der Waals surface area contributed by atoms with Crippen LogP contribution in [0.25, 0.3) is 0 Å². The van der Waals surface area contributed by atoms with Gasteiger partial charge in [-0.05, 0) is 44.1 Å². The lowest BCUT2D eigenvalue weighted by molar-refractivity contribution is -0.124. The Balaban J connectivity index is 2.43. The third kappa shape index (κ3) is 5.82. The lowest BCUT2D eigenvalue weighted by Gasteiger charge is -2.22. The number of carbonyl (C=O) groups is 2. The Morgan fingerprint density at radius 3 is 2.55 bits per heavy atom. The molecule has 0 aliphatic carbocycles. The fraction of sp³-hybridized carbons (Fsp3) is 0.250. The Morgan fingerprint density at radius 1 is 1.21 bits per heavy atom. The first kappa shape index (κ1) is 22.0. The number of nitrogens with zero attached hydrogens (tertiary/aromatic N) is 1. The van der Waals surface area contributed by atoms with Crippen LogP contribution < -0.4 is 15.5 Å². The van der Waals surface area contributed by atoms with Crippen LogP contribution in [0.3, 0.4) is 0 Å². The van der Waals surface area contributed by atoms with Crippen molar-refractivity contribution in [2.24, 2.45) is 0 Å². The summed E-state index contributed by atoms with van der Waals surface area (Å²) in [4.78, 5) is 27.0. The Kier molecular flexibility index (Phi) is 8.22. The van der Waals surface area contributed by atoms with Crippen LogP contribution in [-0.4, -0.2) is 18.4 Å². The first-order valence-electron chi connectivity index (χ1n) is 9.84. The number of imide groups is 1. The molecule has 0 atom stereocenters. The number of para-hydroxylation sites is 1. The van der Waals surface area contributed by atoms with Gasteiger partial charge in [0.15, 0.2) is 0 Å². The zero-order chi connectivity index (χ0) is 21.2. The first-order chi connectivity index (χ1) is 14.0. The molecule has 1 heterocycles. The molecule has 152 valence electrons. The molecule has 1 aliphatic rings. The van der Waals surface area contributed by atoms with E-state index in [2.05, 4.69) is 29.0 Å². The molecule has 29 heavy (non-hydrogen) atoms. The minimum atomic E-state index is -0.427. The van der Waals surface area contributed by atoms with Crippen LogP contribution >= 0.6 is 0 Å². The summed E-state index contributed by atoms with van der Waals surface area (Å²) in [6.45, 7) is 10.3. The molecule has 0 fully saturated rings. The molecule has 0 bridgehead atoms. The number of benzene rings is 1. The van der Waals surface area contributed by atoms with E-state index in [0.717, 1.165) is 30.6 Å². The van der Waals surface area contributed by atoms with Crippen LogP contribution in [0.5, 0.6) is 0 Å². The first-order valence-corrected chi connectivity index (χ1v) is 9.84. The van der Waals surface area contributed by atoms with E-state index < -0.39 is 11.8 Å². The fourth-order valence-corrected chi connectivity index (χ4v) is 2.99. The van der Waals surface area contributed by atoms with Gasteiger partial charge in [0.2, 0.25) is 0 Å². The lowest BCUT2D eigenvalue weighted by Crippen LogP contribution is -2.26. The maximum atomic E-state index is 12.5. The third-order valence-electron chi connectivity index (χ3n) is 4.51. The van der Waals surface area contributed by atoms with Gasteiger partial charge in [0, 0.05) is 24.1 Å². The van der Waals surface area contributed by atoms with E-state index in [0.29, 0.717) is 11.3 Å². The molecule has 0 saturated heterocycles. The predicted octanol–water partition coefficient (Wildman–Crippen LogP) is 4.34. The van der Waals surface area contributed by atoms with Gasteiger partial charge in [0.25, 0.3) is 11.8 Å². The molecule has 5 nitrogen and oxygen atoms in total. The number of allylic oxidation sites excluding steroid dienone is 4. The van der Waals surface area contributed by atoms with Crippen molar-refractivity contribution in [3.63, 3.8) is 0 Å². The number of unbranched alkanes of at least 4 members (excludes halogenated alkanes) is 1. The predicted molar refractivity (Wildman–Crippen MR) is 119 cm³/mol. The molecular formula is C24H29N3O2. The van der Waals surface area contributed by atoms with Gasteiger partial charge in [-0.1, -0.05) is 56.4 Å². The second-order valence-corrected chi connectivity index (χ2v) is 6.69. The second kappa shape index (κ2) is 10.9. The second-order valence-electron chi connectivity index (χ2n) is 6.69. The van der Waals surface area contributed by atoms with Crippen molar-refractivity contribution in [1.82, 2.24) is 10.6 Å². The maximum absolute atomic E-state index is 12.5. The molecular weight excluding hydrogens is 362 g/mol. The van der Waals surface area contributed by atoms with Crippen molar-refractivity contribution in [3.8, 4) is 0 Å². The third-order valence-corrected chi connectivity index (χ3v) is 4.51. The van der Waals surface area contributed by atoms with E-state index in [1.165, 1.54) is 0 Å². The van der Waals surface area contributed by atoms with Gasteiger partial charge in [-0.2, -0.15) is 0 Å². The summed E-state index contributed by atoms with van der Waals surface area (Å²) in [5, 5.41) is 5.48. The van der Waals surface area contributed by atoms with Crippen LogP contribution in [0.2, 0.25) is 0 Å². The number of hydrogen-bond donors (Lipinski definition) is 2. The average molecular weight is 392 g/mol. The highest BCUT2D eigenvalue weighted by Gasteiger charge is 2.31. The highest BCUT2D eigenvalue weighted by molar-refractivity contribution is 6.21. The summed E-state index contributed by atoms with van der Waals surface area (Å²) in [5.41, 5.74) is 3.09. The van der Waals surface area contributed by atoms with Gasteiger partial charge < -0.3 is 10.2 Å². The van der Waals surface area contributed by atoms with Crippen molar-refractivity contribution in [2.75, 3.05) is 11.4 Å². The van der Waals surface area contributed by atoms with E-state index in [4.69, 9.17) is 0 Å². The maximum Gasteiger partial charge on any atom is 0.275 e. The molecule has 2 N–H and O–H groups in total. The normalized spacial score (nSPS) is 15.1. The molecule has 2 rings (SSSR count). The standard InChI is InChI=1S/C24H29N3O2/c1-5-8-13-19(7-3)25-22-21(23(28)26-24(22)29)18(4)17-27(16-9-6-2)20-14-11-10-12-15-20/h5,7-8,10-15,17H,1,6,9,16H2,2-4H3,(H2,25,26,28,29)/b13-8-,18-17+,19-7+. The molecule has 2 amide bonds. The van der Waals surface area contributed by atoms with Gasteiger partial charge in [-0.3, -0.25) is 14.9 Å². The highest BCUT2D eigenvalue weighted by Crippen LogP contribution is 2.23. The summed E-state index contributed by atoms with van der Waals surface area (Å²) in [5.74, 6) is -0.818. The highest BCUT2D eigenvalue weighted by atomic mass is 16.2. The van der Waals surface area contributed by atoms with Gasteiger partial charge in [0.1, 0.15) is 5.70 Å². The van der Waals surface area contributed by atoms with E-state index in [1.54, 1.807) is 18.2 Å². The van der Waals surface area contributed by atoms with Crippen LogP contribution in [0.15, 0.2) is 90.0 Å².